The maximum absolute atomic E-state index is 13.6. The Morgan fingerprint density at radius 3 is 2.06 bits per heavy atom. The van der Waals surface area contributed by atoms with Crippen molar-refractivity contribution in [3.63, 3.8) is 0 Å². The van der Waals surface area contributed by atoms with Crippen LogP contribution in [-0.4, -0.2) is 66.3 Å². The molecule has 0 saturated carbocycles. The number of carbonyl (C=O) groups is 4. The first-order valence-corrected chi connectivity index (χ1v) is 18.8. The topological polar surface area (TPSA) is 182 Å². The highest BCUT2D eigenvalue weighted by Gasteiger charge is 2.29. The molecule has 0 aliphatic heterocycles. The average molecular weight is 723 g/mol. The van der Waals surface area contributed by atoms with Crippen molar-refractivity contribution in [2.24, 2.45) is 11.8 Å². The standard InChI is InChI=1S/C38H50N4O8S/c1-6-19-51(49,50)42(24-29-11-8-7-9-12-29)32-14-10-13-31(22-32)37(46)41-33(20-25(2)3)34(43)21-26(4)35(44)40-27(5)36(45)39-23-28-15-17-30(18-16-28)38(47)48/h7-18,22,25-27,33-34,43H,6,19-21,23-24H2,1-5H3,(H,39,45)(H,40,44)(H,41,46)(H,47,48)/t26-,27+,33+,34+/m1/s1. The molecule has 276 valence electrons. The Hall–Kier alpha value is -4.75. The molecule has 3 rings (SSSR count). The number of aliphatic hydroxyl groups excluding tert-OH is 1. The first-order valence-electron chi connectivity index (χ1n) is 17.1. The lowest BCUT2D eigenvalue weighted by Gasteiger charge is -2.28. The Morgan fingerprint density at radius 2 is 1.45 bits per heavy atom. The third-order valence-electron chi connectivity index (χ3n) is 8.33. The molecule has 0 unspecified atom stereocenters. The molecule has 0 aliphatic rings. The highest BCUT2D eigenvalue weighted by Crippen LogP contribution is 2.24. The Kier molecular flexibility index (Phi) is 15.2. The van der Waals surface area contributed by atoms with Gasteiger partial charge in [-0.25, -0.2) is 13.2 Å². The lowest BCUT2D eigenvalue weighted by atomic mass is 9.92. The number of carbonyl (C=O) groups excluding carboxylic acids is 3. The van der Waals surface area contributed by atoms with Crippen molar-refractivity contribution in [2.45, 2.75) is 85.2 Å². The summed E-state index contributed by atoms with van der Waals surface area (Å²) < 4.78 is 27.9. The van der Waals surface area contributed by atoms with Gasteiger partial charge in [-0.1, -0.05) is 76.2 Å². The van der Waals surface area contributed by atoms with Crippen LogP contribution in [-0.2, 0) is 32.7 Å². The van der Waals surface area contributed by atoms with Gasteiger partial charge in [0.2, 0.25) is 21.8 Å². The molecule has 51 heavy (non-hydrogen) atoms. The molecule has 3 amide bonds. The van der Waals surface area contributed by atoms with E-state index in [1.165, 1.54) is 29.4 Å². The van der Waals surface area contributed by atoms with Crippen molar-refractivity contribution in [2.75, 3.05) is 10.1 Å². The van der Waals surface area contributed by atoms with Crippen LogP contribution >= 0.6 is 0 Å². The molecular formula is C38H50N4O8S. The van der Waals surface area contributed by atoms with Gasteiger partial charge in [0.1, 0.15) is 6.04 Å². The molecule has 0 saturated heterocycles. The number of anilines is 1. The zero-order chi connectivity index (χ0) is 37.7. The predicted molar refractivity (Wildman–Crippen MR) is 196 cm³/mol. The number of aromatic carboxylic acids is 1. The predicted octanol–water partition coefficient (Wildman–Crippen LogP) is 4.48. The van der Waals surface area contributed by atoms with Crippen LogP contribution in [0.3, 0.4) is 0 Å². The summed E-state index contributed by atoms with van der Waals surface area (Å²) >= 11 is 0. The van der Waals surface area contributed by atoms with Gasteiger partial charge in [0.25, 0.3) is 5.91 Å². The molecule has 0 fully saturated rings. The molecule has 13 heteroatoms. The van der Waals surface area contributed by atoms with Crippen molar-refractivity contribution in [3.8, 4) is 0 Å². The normalized spacial score (nSPS) is 13.8. The minimum atomic E-state index is -3.69. The Bertz CT molecular complexity index is 1730. The summed E-state index contributed by atoms with van der Waals surface area (Å²) in [6.07, 6.45) is -0.248. The van der Waals surface area contributed by atoms with E-state index in [0.717, 1.165) is 5.56 Å². The van der Waals surface area contributed by atoms with Gasteiger partial charge in [-0.15, -0.1) is 0 Å². The number of sulfonamides is 1. The summed E-state index contributed by atoms with van der Waals surface area (Å²) in [6.45, 7) is 9.10. The highest BCUT2D eigenvalue weighted by atomic mass is 32.2. The largest absolute Gasteiger partial charge is 0.478 e. The fourth-order valence-electron chi connectivity index (χ4n) is 5.50. The molecular weight excluding hydrogens is 673 g/mol. The van der Waals surface area contributed by atoms with E-state index >= 15 is 0 Å². The van der Waals surface area contributed by atoms with Crippen LogP contribution in [0.15, 0.2) is 78.9 Å². The Labute approximate surface area is 300 Å². The number of carboxylic acids is 1. The molecule has 0 heterocycles. The molecule has 0 bridgehead atoms. The molecule has 0 aliphatic carbocycles. The molecule has 3 aromatic rings. The van der Waals surface area contributed by atoms with E-state index in [1.54, 1.807) is 44.2 Å². The van der Waals surface area contributed by atoms with Gasteiger partial charge < -0.3 is 26.2 Å². The molecule has 3 aromatic carbocycles. The monoisotopic (exact) mass is 722 g/mol. The summed E-state index contributed by atoms with van der Waals surface area (Å²) in [5, 5.41) is 28.6. The zero-order valence-corrected chi connectivity index (χ0v) is 30.7. The number of amides is 3. The summed E-state index contributed by atoms with van der Waals surface area (Å²) in [6, 6.07) is 20.1. The first kappa shape index (κ1) is 40.7. The van der Waals surface area contributed by atoms with E-state index in [9.17, 15) is 32.7 Å². The third kappa shape index (κ3) is 12.5. The van der Waals surface area contributed by atoms with Gasteiger partial charge in [0.15, 0.2) is 0 Å². The van der Waals surface area contributed by atoms with Crippen molar-refractivity contribution >= 4 is 39.4 Å². The van der Waals surface area contributed by atoms with Crippen LogP contribution in [0.5, 0.6) is 0 Å². The van der Waals surface area contributed by atoms with Crippen LogP contribution in [0.25, 0.3) is 0 Å². The van der Waals surface area contributed by atoms with Gasteiger partial charge >= 0.3 is 5.97 Å². The van der Waals surface area contributed by atoms with Crippen molar-refractivity contribution in [3.05, 3.63) is 101 Å². The fourth-order valence-corrected chi connectivity index (χ4v) is 7.02. The highest BCUT2D eigenvalue weighted by molar-refractivity contribution is 7.92. The summed E-state index contributed by atoms with van der Waals surface area (Å²) in [4.78, 5) is 50.3. The smallest absolute Gasteiger partial charge is 0.335 e. The minimum Gasteiger partial charge on any atom is -0.478 e. The molecule has 0 aromatic heterocycles. The molecule has 4 atom stereocenters. The van der Waals surface area contributed by atoms with Gasteiger partial charge in [-0.05, 0) is 73.6 Å². The molecule has 12 nitrogen and oxygen atoms in total. The van der Waals surface area contributed by atoms with Gasteiger partial charge in [0, 0.05) is 18.0 Å². The van der Waals surface area contributed by atoms with E-state index < -0.39 is 57.8 Å². The number of carboxylic acid groups (broad SMARTS) is 1. The number of nitrogens with zero attached hydrogens (tertiary/aromatic N) is 1. The number of hydrogen-bond acceptors (Lipinski definition) is 7. The third-order valence-corrected chi connectivity index (χ3v) is 10.3. The number of rotatable bonds is 19. The maximum atomic E-state index is 13.6. The average Bonchev–Trinajstić information content (AvgIpc) is 3.09. The summed E-state index contributed by atoms with van der Waals surface area (Å²) in [5.74, 6) is -3.10. The zero-order valence-electron chi connectivity index (χ0n) is 29.8. The Morgan fingerprint density at radius 1 is 0.784 bits per heavy atom. The van der Waals surface area contributed by atoms with E-state index in [-0.39, 0.29) is 42.3 Å². The van der Waals surface area contributed by atoms with E-state index in [0.29, 0.717) is 24.1 Å². The van der Waals surface area contributed by atoms with Crippen molar-refractivity contribution in [1.29, 1.82) is 0 Å². The number of hydrogen-bond donors (Lipinski definition) is 5. The second kappa shape index (κ2) is 19.0. The van der Waals surface area contributed by atoms with Crippen LogP contribution in [0, 0.1) is 11.8 Å². The van der Waals surface area contributed by atoms with Crippen LogP contribution in [0.2, 0.25) is 0 Å². The van der Waals surface area contributed by atoms with E-state index in [1.807, 2.05) is 44.2 Å². The first-order chi connectivity index (χ1) is 24.1. The van der Waals surface area contributed by atoms with Gasteiger partial charge in [-0.2, -0.15) is 0 Å². The number of benzene rings is 3. The van der Waals surface area contributed by atoms with E-state index in [2.05, 4.69) is 16.0 Å². The summed E-state index contributed by atoms with van der Waals surface area (Å²) in [5.41, 5.74) is 2.19. The molecule has 5 N–H and O–H groups in total. The minimum absolute atomic E-state index is 0.00786. The van der Waals surface area contributed by atoms with Crippen LogP contribution < -0.4 is 20.3 Å². The fraction of sp³-hybridized carbons (Fsp3) is 0.421. The maximum Gasteiger partial charge on any atom is 0.335 e. The SMILES string of the molecule is CCCS(=O)(=O)N(Cc1ccccc1)c1cccc(C(=O)N[C@@H](CC(C)C)[C@@H](O)C[C@@H](C)C(=O)N[C@@H](C)C(=O)NCc2ccc(C(=O)O)cc2)c1. The second-order valence-electron chi connectivity index (χ2n) is 13.2. The van der Waals surface area contributed by atoms with Gasteiger partial charge in [-0.3, -0.25) is 18.7 Å². The summed E-state index contributed by atoms with van der Waals surface area (Å²) in [7, 11) is -3.69. The Balaban J connectivity index is 1.65. The lowest BCUT2D eigenvalue weighted by Crippen LogP contribution is -2.48. The second-order valence-corrected chi connectivity index (χ2v) is 15.2. The number of nitrogens with one attached hydrogen (secondary N) is 3. The van der Waals surface area contributed by atoms with E-state index in [4.69, 9.17) is 5.11 Å². The molecule has 0 radical (unpaired) electrons. The van der Waals surface area contributed by atoms with Crippen molar-refractivity contribution in [1.82, 2.24) is 16.0 Å². The quantitative estimate of drug-likeness (QED) is 0.120. The van der Waals surface area contributed by atoms with Crippen LogP contribution in [0.1, 0.15) is 85.7 Å². The number of aliphatic hydroxyl groups is 1. The molecule has 0 spiro atoms. The van der Waals surface area contributed by atoms with Gasteiger partial charge in [0.05, 0.1) is 35.7 Å². The lowest BCUT2D eigenvalue weighted by molar-refractivity contribution is -0.131. The van der Waals surface area contributed by atoms with Crippen molar-refractivity contribution < 1.29 is 37.8 Å². The van der Waals surface area contributed by atoms with Crippen LogP contribution in [0.4, 0.5) is 5.69 Å².